The first kappa shape index (κ1) is 36.2. The number of piperazine rings is 1. The van der Waals surface area contributed by atoms with Gasteiger partial charge in [-0.05, 0) is 38.7 Å². The van der Waals surface area contributed by atoms with Crippen molar-refractivity contribution in [3.63, 3.8) is 0 Å². The van der Waals surface area contributed by atoms with E-state index in [4.69, 9.17) is 14.2 Å². The Morgan fingerprint density at radius 2 is 1.71 bits per heavy atom. The molecule has 1 aromatic carbocycles. The van der Waals surface area contributed by atoms with Gasteiger partial charge >= 0.3 is 27.3 Å². The van der Waals surface area contributed by atoms with Gasteiger partial charge in [0, 0.05) is 44.0 Å². The highest BCUT2D eigenvalue weighted by molar-refractivity contribution is 7.70. The number of ether oxygens (including phenoxy) is 3. The third kappa shape index (κ3) is 7.72. The topological polar surface area (TPSA) is 217 Å². The van der Waals surface area contributed by atoms with Crippen molar-refractivity contribution in [2.45, 2.75) is 81.9 Å². The third-order valence-electron chi connectivity index (χ3n) is 8.90. The van der Waals surface area contributed by atoms with E-state index in [0.29, 0.717) is 42.9 Å². The van der Waals surface area contributed by atoms with Gasteiger partial charge in [-0.1, -0.05) is 25.7 Å². The Labute approximate surface area is 275 Å². The van der Waals surface area contributed by atoms with Crippen LogP contribution in [0.2, 0.25) is 0 Å². The summed E-state index contributed by atoms with van der Waals surface area (Å²) in [4.78, 5) is 81.7. The predicted molar refractivity (Wildman–Crippen MR) is 171 cm³/mol. The van der Waals surface area contributed by atoms with E-state index in [0.717, 1.165) is 31.7 Å². The molecule has 16 nitrogen and oxygen atoms in total. The predicted octanol–water partition coefficient (Wildman–Crippen LogP) is 3.20. The van der Waals surface area contributed by atoms with E-state index in [2.05, 4.69) is 5.32 Å². The first-order valence-electron chi connectivity index (χ1n) is 15.8. The molecule has 2 heterocycles. The molecule has 1 unspecified atom stereocenters. The number of methoxy groups -OCH3 is 1. The summed E-state index contributed by atoms with van der Waals surface area (Å²) in [6.07, 6.45) is 4.21. The zero-order valence-electron chi connectivity index (χ0n) is 26.6. The lowest BCUT2D eigenvalue weighted by Crippen LogP contribution is -2.49. The number of amides is 1. The molecule has 0 spiro atoms. The van der Waals surface area contributed by atoms with Gasteiger partial charge in [-0.2, -0.15) is 0 Å². The van der Waals surface area contributed by atoms with E-state index in [1.807, 2.05) is 11.8 Å². The monoisotopic (exact) mass is 718 g/mol. The van der Waals surface area contributed by atoms with Crippen molar-refractivity contribution in [2.24, 2.45) is 0 Å². The van der Waals surface area contributed by atoms with Crippen molar-refractivity contribution < 1.29 is 56.9 Å². The average Bonchev–Trinajstić information content (AvgIpc) is 3.86. The molecule has 1 aliphatic heterocycles. The summed E-state index contributed by atoms with van der Waals surface area (Å²) in [5, 5.41) is 3.17. The van der Waals surface area contributed by atoms with Crippen LogP contribution in [0.3, 0.4) is 0 Å². The highest BCUT2D eigenvalue weighted by Gasteiger charge is 2.52. The number of hydrogen-bond donors (Lipinski definition) is 5. The number of nitrogens with zero attached hydrogens (tertiary/aromatic N) is 3. The summed E-state index contributed by atoms with van der Waals surface area (Å²) >= 11 is 0. The first-order valence-corrected chi connectivity index (χ1v) is 19.2. The summed E-state index contributed by atoms with van der Waals surface area (Å²) in [7, 11) is -9.80. The van der Waals surface area contributed by atoms with Gasteiger partial charge < -0.3 is 48.6 Å². The minimum atomic E-state index is -5.59. The minimum absolute atomic E-state index is 0.0779. The zero-order chi connectivity index (χ0) is 35.0. The maximum Gasteiger partial charge on any atom is 0.414 e. The van der Waals surface area contributed by atoms with Crippen molar-refractivity contribution in [3.05, 3.63) is 33.9 Å². The van der Waals surface area contributed by atoms with Crippen molar-refractivity contribution in [3.8, 4) is 5.75 Å². The highest BCUT2D eigenvalue weighted by atomic mass is 31.2. The van der Waals surface area contributed by atoms with Crippen molar-refractivity contribution in [1.29, 1.82) is 0 Å². The summed E-state index contributed by atoms with van der Waals surface area (Å²) in [5.74, 6) is -1.79. The van der Waals surface area contributed by atoms with Crippen LogP contribution in [0.15, 0.2) is 17.1 Å². The van der Waals surface area contributed by atoms with Gasteiger partial charge in [0.2, 0.25) is 17.7 Å². The molecule has 0 bridgehead atoms. The lowest BCUT2D eigenvalue weighted by Gasteiger charge is -2.36. The lowest BCUT2D eigenvalue weighted by atomic mass is 10.1. The molecule has 1 atom stereocenters. The minimum Gasteiger partial charge on any atom is -0.492 e. The van der Waals surface area contributed by atoms with Gasteiger partial charge in [0.1, 0.15) is 11.3 Å². The van der Waals surface area contributed by atoms with Gasteiger partial charge in [0.05, 0.1) is 18.0 Å². The smallest absolute Gasteiger partial charge is 0.414 e. The number of hydrogen-bond acceptors (Lipinski definition) is 10. The highest BCUT2D eigenvalue weighted by Crippen LogP contribution is 2.62. The van der Waals surface area contributed by atoms with E-state index in [-0.39, 0.29) is 41.7 Å². The molecule has 2 saturated carbocycles. The van der Waals surface area contributed by atoms with Gasteiger partial charge in [0.15, 0.2) is 11.6 Å². The van der Waals surface area contributed by atoms with E-state index in [1.165, 1.54) is 13.3 Å². The van der Waals surface area contributed by atoms with E-state index in [1.54, 1.807) is 4.57 Å². The van der Waals surface area contributed by atoms with Gasteiger partial charge in [-0.3, -0.25) is 18.8 Å². The number of fused-ring (bicyclic) bond motifs is 1. The molecule has 5 N–H and O–H groups in total. The number of esters is 1. The van der Waals surface area contributed by atoms with Crippen LogP contribution in [0.25, 0.3) is 10.9 Å². The van der Waals surface area contributed by atoms with Crippen LogP contribution in [0.4, 0.5) is 14.9 Å². The van der Waals surface area contributed by atoms with E-state index < -0.39 is 62.4 Å². The van der Waals surface area contributed by atoms with Crippen molar-refractivity contribution in [1.82, 2.24) is 14.8 Å². The van der Waals surface area contributed by atoms with Crippen LogP contribution in [0.1, 0.15) is 74.7 Å². The number of halogens is 1. The summed E-state index contributed by atoms with van der Waals surface area (Å²) in [6.45, 7) is 2.44. The van der Waals surface area contributed by atoms with Crippen LogP contribution in [0, 0.1) is 5.82 Å². The molecule has 5 rings (SSSR count). The second-order valence-electron chi connectivity index (χ2n) is 12.5. The number of rotatable bonds is 10. The Hall–Kier alpha value is -3.04. The summed E-state index contributed by atoms with van der Waals surface area (Å²) < 4.78 is 57.6. The van der Waals surface area contributed by atoms with Crippen LogP contribution in [0.5, 0.6) is 5.75 Å². The molecule has 2 aliphatic carbocycles. The molecular formula is C29H41FN4O12P2. The average molecular weight is 719 g/mol. The molecule has 48 heavy (non-hydrogen) atoms. The normalized spacial score (nSPS) is 19.7. The molecule has 1 amide bonds. The van der Waals surface area contributed by atoms with Gasteiger partial charge in [0.25, 0.3) is 0 Å². The molecule has 1 aromatic heterocycles. The number of aromatic nitrogens is 1. The van der Waals surface area contributed by atoms with Crippen LogP contribution < -0.4 is 20.4 Å². The third-order valence-corrected chi connectivity index (χ3v) is 12.4. The number of benzene rings is 1. The Balaban J connectivity index is 1.42. The number of pyridine rings is 1. The fourth-order valence-electron chi connectivity index (χ4n) is 6.63. The summed E-state index contributed by atoms with van der Waals surface area (Å²) in [6, 6.07) is 0.0600. The quantitative estimate of drug-likeness (QED) is 0.103. The molecule has 0 radical (unpaired) electrons. The van der Waals surface area contributed by atoms with Gasteiger partial charge in [-0.25, -0.2) is 14.0 Å². The largest absolute Gasteiger partial charge is 0.492 e. The molecule has 2 aromatic rings. The molecule has 19 heteroatoms. The maximum atomic E-state index is 15.7. The van der Waals surface area contributed by atoms with Gasteiger partial charge in [-0.15, -0.1) is 0 Å². The molecule has 266 valence electrons. The lowest BCUT2D eigenvalue weighted by molar-refractivity contribution is -0.0171. The fraction of sp³-hybridized carbons (Fsp3) is 0.621. The Kier molecular flexibility index (Phi) is 10.9. The number of anilines is 1. The molecular weight excluding hydrogens is 677 g/mol. The van der Waals surface area contributed by atoms with Crippen LogP contribution in [-0.2, 0) is 18.6 Å². The second kappa shape index (κ2) is 14.4. The Morgan fingerprint density at radius 1 is 1.06 bits per heavy atom. The van der Waals surface area contributed by atoms with Crippen molar-refractivity contribution >= 4 is 43.8 Å². The second-order valence-corrected chi connectivity index (χ2v) is 16.2. The van der Waals surface area contributed by atoms with Crippen molar-refractivity contribution in [2.75, 3.05) is 38.4 Å². The fourth-order valence-corrected chi connectivity index (χ4v) is 9.41. The van der Waals surface area contributed by atoms with Crippen LogP contribution >= 0.6 is 15.2 Å². The van der Waals surface area contributed by atoms with E-state index in [9.17, 15) is 43.1 Å². The first-order chi connectivity index (χ1) is 22.6. The number of nitrogens with one attached hydrogen (secondary N) is 1. The SMILES string of the molecule is COc1c(N2CCNC(C)C2)c(F)cc2c(=O)c(C(=O)OCOC(=O)N(C3CCCCCC3)C(P(=O)(O)O)P(=O)(O)O)cn(C3CC3)c12. The molecule has 3 aliphatic rings. The van der Waals surface area contributed by atoms with Crippen LogP contribution in [-0.4, -0.2) is 92.2 Å². The Morgan fingerprint density at radius 3 is 2.27 bits per heavy atom. The molecule has 3 fully saturated rings. The zero-order valence-corrected chi connectivity index (χ0v) is 28.4. The summed E-state index contributed by atoms with van der Waals surface area (Å²) in [5.41, 5.74) is -3.63. The standard InChI is InChI=1S/C29H41FN4O12P2/c1-17-14-32(12-11-31-17)24-22(30)13-20-23(26(24)44-2)33(18-9-10-18)15-21(25(20)35)27(36)45-16-46-28(37)34(19-7-5-3-4-6-8-19)29(47(38,39)40)48(41,42)43/h13,15,17-19,29,31H,3-12,14,16H2,1-2H3,(H2,38,39,40)(H2,41,42,43). The number of carbonyl (C=O) groups excluding carboxylic acids is 2. The Bertz CT molecular complexity index is 1680. The molecule has 1 saturated heterocycles. The van der Waals surface area contributed by atoms with E-state index >= 15 is 4.39 Å². The number of carbonyl (C=O) groups is 2. The maximum absolute atomic E-state index is 15.7.